The molecular formula is C21H26O7. The van der Waals surface area contributed by atoms with E-state index < -0.39 is 24.0 Å². The minimum Gasteiger partial charge on any atom is -0.459 e. The molecular weight excluding hydrogens is 364 g/mol. The topological polar surface area (TPSA) is 99.1 Å². The van der Waals surface area contributed by atoms with Crippen LogP contribution in [0.2, 0.25) is 0 Å². The van der Waals surface area contributed by atoms with E-state index in [1.165, 1.54) is 12.1 Å². The lowest BCUT2D eigenvalue weighted by molar-refractivity contribution is -0.143. The molecule has 1 rings (SSSR count). The molecule has 0 saturated carbocycles. The Labute approximate surface area is 164 Å². The molecule has 0 spiro atoms. The Morgan fingerprint density at radius 2 is 1.82 bits per heavy atom. The van der Waals surface area contributed by atoms with Crippen molar-refractivity contribution in [2.24, 2.45) is 5.92 Å². The molecule has 1 N–H and O–H groups in total. The second-order valence-corrected chi connectivity index (χ2v) is 6.56. The number of carbonyl (C=O) groups excluding carboxylic acids is 3. The van der Waals surface area contributed by atoms with Crippen LogP contribution in [0.15, 0.2) is 49.1 Å². The van der Waals surface area contributed by atoms with Gasteiger partial charge in [-0.2, -0.15) is 0 Å². The molecule has 0 saturated heterocycles. The molecule has 7 heteroatoms. The van der Waals surface area contributed by atoms with Crippen molar-refractivity contribution in [2.45, 2.75) is 33.0 Å². The van der Waals surface area contributed by atoms with Gasteiger partial charge in [0.2, 0.25) is 0 Å². The van der Waals surface area contributed by atoms with Gasteiger partial charge in [-0.15, -0.1) is 0 Å². The third-order valence-electron chi connectivity index (χ3n) is 3.47. The lowest BCUT2D eigenvalue weighted by Gasteiger charge is -2.13. The highest BCUT2D eigenvalue weighted by atomic mass is 16.6. The monoisotopic (exact) mass is 390 g/mol. The van der Waals surface area contributed by atoms with Crippen molar-refractivity contribution >= 4 is 17.9 Å². The molecule has 0 aliphatic rings. The van der Waals surface area contributed by atoms with E-state index in [1.54, 1.807) is 12.1 Å². The number of hydrogen-bond donors (Lipinski definition) is 1. The van der Waals surface area contributed by atoms with E-state index in [1.807, 2.05) is 13.8 Å². The van der Waals surface area contributed by atoms with Gasteiger partial charge in [0, 0.05) is 11.6 Å². The lowest BCUT2D eigenvalue weighted by atomic mass is 10.1. The predicted molar refractivity (Wildman–Crippen MR) is 102 cm³/mol. The SMILES string of the molecule is C=CC(=O)OCc1cccc(C(=O)OCC(O)COC(=O)C(=C)CC(C)C)c1. The molecule has 0 bridgehead atoms. The molecule has 0 aliphatic carbocycles. The maximum atomic E-state index is 12.1. The number of aliphatic hydroxyl groups excluding tert-OH is 1. The zero-order valence-electron chi connectivity index (χ0n) is 16.2. The van der Waals surface area contributed by atoms with Crippen molar-refractivity contribution in [3.05, 3.63) is 60.2 Å². The maximum Gasteiger partial charge on any atom is 0.338 e. The van der Waals surface area contributed by atoms with E-state index in [4.69, 9.17) is 14.2 Å². The van der Waals surface area contributed by atoms with Crippen molar-refractivity contribution in [3.63, 3.8) is 0 Å². The predicted octanol–water partition coefficient (Wildman–Crippen LogP) is 2.58. The van der Waals surface area contributed by atoms with Crippen molar-refractivity contribution < 1.29 is 33.7 Å². The van der Waals surface area contributed by atoms with Crippen molar-refractivity contribution in [2.75, 3.05) is 13.2 Å². The fraction of sp³-hybridized carbons (Fsp3) is 0.381. The highest BCUT2D eigenvalue weighted by molar-refractivity contribution is 5.89. The zero-order valence-corrected chi connectivity index (χ0v) is 16.2. The summed E-state index contributed by atoms with van der Waals surface area (Å²) in [5.41, 5.74) is 1.16. The Morgan fingerprint density at radius 1 is 1.14 bits per heavy atom. The number of carbonyl (C=O) groups is 3. The van der Waals surface area contributed by atoms with Crippen LogP contribution in [-0.2, 0) is 30.4 Å². The van der Waals surface area contributed by atoms with E-state index in [0.29, 0.717) is 17.6 Å². The van der Waals surface area contributed by atoms with Gasteiger partial charge in [0.25, 0.3) is 0 Å². The summed E-state index contributed by atoms with van der Waals surface area (Å²) in [6.45, 7) is 10.2. The van der Waals surface area contributed by atoms with Gasteiger partial charge in [-0.05, 0) is 30.0 Å². The summed E-state index contributed by atoms with van der Waals surface area (Å²) in [4.78, 5) is 34.9. The summed E-state index contributed by atoms with van der Waals surface area (Å²) in [5, 5.41) is 9.83. The molecule has 152 valence electrons. The third-order valence-corrected chi connectivity index (χ3v) is 3.47. The smallest absolute Gasteiger partial charge is 0.338 e. The normalized spacial score (nSPS) is 11.4. The van der Waals surface area contributed by atoms with Crippen LogP contribution in [0.25, 0.3) is 0 Å². The fourth-order valence-electron chi connectivity index (χ4n) is 2.15. The average molecular weight is 390 g/mol. The van der Waals surface area contributed by atoms with Gasteiger partial charge in [0.05, 0.1) is 5.56 Å². The quantitative estimate of drug-likeness (QED) is 0.352. The Hall–Kier alpha value is -2.93. The van der Waals surface area contributed by atoms with Crippen LogP contribution in [0.5, 0.6) is 0 Å². The molecule has 0 aromatic heterocycles. The molecule has 1 atom stereocenters. The first-order valence-corrected chi connectivity index (χ1v) is 8.81. The first-order valence-electron chi connectivity index (χ1n) is 8.81. The Bertz CT molecular complexity index is 721. The van der Waals surface area contributed by atoms with Gasteiger partial charge in [-0.3, -0.25) is 0 Å². The Balaban J connectivity index is 2.44. The molecule has 0 amide bonds. The first-order chi connectivity index (χ1) is 13.2. The molecule has 1 aromatic rings. The molecule has 0 radical (unpaired) electrons. The molecule has 0 aliphatic heterocycles. The summed E-state index contributed by atoms with van der Waals surface area (Å²) >= 11 is 0. The van der Waals surface area contributed by atoms with Gasteiger partial charge in [0.15, 0.2) is 0 Å². The van der Waals surface area contributed by atoms with E-state index >= 15 is 0 Å². The van der Waals surface area contributed by atoms with Gasteiger partial charge >= 0.3 is 17.9 Å². The van der Waals surface area contributed by atoms with E-state index in [2.05, 4.69) is 13.2 Å². The van der Waals surface area contributed by atoms with Crippen LogP contribution >= 0.6 is 0 Å². The van der Waals surface area contributed by atoms with Gasteiger partial charge in [0.1, 0.15) is 25.9 Å². The van der Waals surface area contributed by atoms with Crippen LogP contribution in [0.3, 0.4) is 0 Å². The highest BCUT2D eigenvalue weighted by Crippen LogP contribution is 2.11. The number of aliphatic hydroxyl groups is 1. The second-order valence-electron chi connectivity index (χ2n) is 6.56. The van der Waals surface area contributed by atoms with Gasteiger partial charge in [-0.25, -0.2) is 14.4 Å². The minimum atomic E-state index is -1.16. The van der Waals surface area contributed by atoms with Crippen molar-refractivity contribution in [1.82, 2.24) is 0 Å². The number of benzene rings is 1. The lowest BCUT2D eigenvalue weighted by Crippen LogP contribution is -2.26. The fourth-order valence-corrected chi connectivity index (χ4v) is 2.15. The summed E-state index contributed by atoms with van der Waals surface area (Å²) in [5.74, 6) is -1.55. The van der Waals surface area contributed by atoms with E-state index in [0.717, 1.165) is 6.08 Å². The number of esters is 3. The summed E-state index contributed by atoms with van der Waals surface area (Å²) in [6.07, 6.45) is 0.392. The number of rotatable bonds is 11. The third kappa shape index (κ3) is 8.64. The van der Waals surface area contributed by atoms with Crippen LogP contribution in [-0.4, -0.2) is 42.3 Å². The number of hydrogen-bond acceptors (Lipinski definition) is 7. The molecule has 0 fully saturated rings. The van der Waals surface area contributed by atoms with Gasteiger partial charge < -0.3 is 19.3 Å². The number of ether oxygens (including phenoxy) is 3. The summed E-state index contributed by atoms with van der Waals surface area (Å²) < 4.78 is 14.9. The van der Waals surface area contributed by atoms with Crippen molar-refractivity contribution in [3.8, 4) is 0 Å². The van der Waals surface area contributed by atoms with E-state index in [-0.39, 0.29) is 31.3 Å². The molecule has 0 heterocycles. The highest BCUT2D eigenvalue weighted by Gasteiger charge is 2.16. The van der Waals surface area contributed by atoms with Crippen LogP contribution in [0.1, 0.15) is 36.2 Å². The van der Waals surface area contributed by atoms with Crippen LogP contribution < -0.4 is 0 Å². The Morgan fingerprint density at radius 3 is 2.46 bits per heavy atom. The zero-order chi connectivity index (χ0) is 21.1. The largest absolute Gasteiger partial charge is 0.459 e. The molecule has 28 heavy (non-hydrogen) atoms. The Kier molecular flexibility index (Phi) is 9.67. The van der Waals surface area contributed by atoms with Crippen LogP contribution in [0, 0.1) is 5.92 Å². The minimum absolute atomic E-state index is 0.00911. The van der Waals surface area contributed by atoms with E-state index in [9.17, 15) is 19.5 Å². The van der Waals surface area contributed by atoms with Gasteiger partial charge in [-0.1, -0.05) is 39.1 Å². The molecule has 1 unspecified atom stereocenters. The first kappa shape index (κ1) is 23.1. The van der Waals surface area contributed by atoms with Crippen molar-refractivity contribution in [1.29, 1.82) is 0 Å². The van der Waals surface area contributed by atoms with Crippen LogP contribution in [0.4, 0.5) is 0 Å². The summed E-state index contributed by atoms with van der Waals surface area (Å²) in [7, 11) is 0. The molecule has 7 nitrogen and oxygen atoms in total. The summed E-state index contributed by atoms with van der Waals surface area (Å²) in [6, 6.07) is 6.35. The molecule has 1 aromatic carbocycles. The second kappa shape index (κ2) is 11.7. The standard InChI is InChI=1S/C21H26O7/c1-5-19(23)26-11-16-7-6-8-17(10-16)21(25)28-13-18(22)12-27-20(24)15(4)9-14(2)3/h5-8,10,14,18,22H,1,4,9,11-13H2,2-3H3. The maximum absolute atomic E-state index is 12.1. The average Bonchev–Trinajstić information content (AvgIpc) is 2.67.